The summed E-state index contributed by atoms with van der Waals surface area (Å²) in [6.45, 7) is 2.07. The first kappa shape index (κ1) is 24.5. The average Bonchev–Trinajstić information content (AvgIpc) is 3.55. The molecule has 39 heavy (non-hydrogen) atoms. The molecule has 0 atom stereocenters. The minimum Gasteiger partial charge on any atom is -0.356 e. The van der Waals surface area contributed by atoms with Crippen molar-refractivity contribution in [2.24, 2.45) is 0 Å². The van der Waals surface area contributed by atoms with E-state index in [9.17, 15) is 9.59 Å². The predicted octanol–water partition coefficient (Wildman–Crippen LogP) is 4.38. The normalized spacial score (nSPS) is 13.3. The molecule has 0 spiro atoms. The standard InChI is InChI=1S/C30H29N7O2/c38-28(31-15-6-18-36-17-5-11-29(36)39)19-22-20-37(25-10-4-3-8-23(22)25)27-13-12-26(34-35-27)33-30-24-9-2-1-7-21(24)14-16-32-30/h1-4,7-10,12-14,16,20H,5-6,11,15,17-19H2,(H,31,38)(H,32,33,34). The van der Waals surface area contributed by atoms with Crippen molar-refractivity contribution in [1.29, 1.82) is 0 Å². The number of hydrogen-bond donors (Lipinski definition) is 2. The summed E-state index contributed by atoms with van der Waals surface area (Å²) in [5.74, 6) is 2.14. The highest BCUT2D eigenvalue weighted by molar-refractivity contribution is 5.93. The van der Waals surface area contributed by atoms with E-state index in [1.807, 2.05) is 82.4 Å². The number of carbonyl (C=O) groups is 2. The van der Waals surface area contributed by atoms with Gasteiger partial charge in [0, 0.05) is 49.2 Å². The van der Waals surface area contributed by atoms with Crippen LogP contribution < -0.4 is 10.6 Å². The Kier molecular flexibility index (Phi) is 6.86. The van der Waals surface area contributed by atoms with Gasteiger partial charge in [0.05, 0.1) is 11.9 Å². The van der Waals surface area contributed by atoms with Gasteiger partial charge in [-0.2, -0.15) is 0 Å². The lowest BCUT2D eigenvalue weighted by atomic mass is 10.1. The van der Waals surface area contributed by atoms with Crippen molar-refractivity contribution in [3.05, 3.63) is 84.7 Å². The molecule has 0 unspecified atom stereocenters. The monoisotopic (exact) mass is 519 g/mol. The first-order valence-corrected chi connectivity index (χ1v) is 13.2. The van der Waals surface area contributed by atoms with Gasteiger partial charge in [0.1, 0.15) is 5.82 Å². The fraction of sp³-hybridized carbons (Fsp3) is 0.233. The van der Waals surface area contributed by atoms with Crippen LogP contribution in [0.25, 0.3) is 27.5 Å². The molecule has 1 fully saturated rings. The van der Waals surface area contributed by atoms with Crippen LogP contribution >= 0.6 is 0 Å². The molecule has 3 aromatic heterocycles. The summed E-state index contributed by atoms with van der Waals surface area (Å²) in [6.07, 6.45) is 6.31. The third-order valence-corrected chi connectivity index (χ3v) is 7.06. The molecule has 0 radical (unpaired) electrons. The number of benzene rings is 2. The topological polar surface area (TPSA) is 105 Å². The number of fused-ring (bicyclic) bond motifs is 2. The first-order valence-electron chi connectivity index (χ1n) is 13.2. The highest BCUT2D eigenvalue weighted by atomic mass is 16.2. The second-order valence-electron chi connectivity index (χ2n) is 9.69. The summed E-state index contributed by atoms with van der Waals surface area (Å²) in [5.41, 5.74) is 1.88. The van der Waals surface area contributed by atoms with Gasteiger partial charge in [-0.05, 0) is 48.1 Å². The molecule has 196 valence electrons. The van der Waals surface area contributed by atoms with Crippen LogP contribution in [-0.2, 0) is 16.0 Å². The Morgan fingerprint density at radius 1 is 0.949 bits per heavy atom. The Bertz CT molecular complexity index is 1640. The number of aromatic nitrogens is 4. The lowest BCUT2D eigenvalue weighted by Crippen LogP contribution is -2.31. The smallest absolute Gasteiger partial charge is 0.224 e. The van der Waals surface area contributed by atoms with Gasteiger partial charge in [0.2, 0.25) is 11.8 Å². The number of nitrogens with zero attached hydrogens (tertiary/aromatic N) is 5. The van der Waals surface area contributed by atoms with E-state index in [4.69, 9.17) is 0 Å². The zero-order valence-electron chi connectivity index (χ0n) is 21.5. The summed E-state index contributed by atoms with van der Waals surface area (Å²) in [5, 5.41) is 18.2. The van der Waals surface area contributed by atoms with Gasteiger partial charge in [0.25, 0.3) is 0 Å². The number of likely N-dealkylation sites (tertiary alicyclic amines) is 1. The predicted molar refractivity (Wildman–Crippen MR) is 151 cm³/mol. The van der Waals surface area contributed by atoms with Gasteiger partial charge in [0.15, 0.2) is 11.6 Å². The largest absolute Gasteiger partial charge is 0.356 e. The van der Waals surface area contributed by atoms with Crippen molar-refractivity contribution in [2.75, 3.05) is 25.0 Å². The van der Waals surface area contributed by atoms with Crippen LogP contribution in [0.2, 0.25) is 0 Å². The molecule has 0 bridgehead atoms. The third-order valence-electron chi connectivity index (χ3n) is 7.06. The van der Waals surface area contributed by atoms with Crippen LogP contribution in [0.15, 0.2) is 79.1 Å². The first-order chi connectivity index (χ1) is 19.2. The van der Waals surface area contributed by atoms with Gasteiger partial charge in [-0.15, -0.1) is 10.2 Å². The SMILES string of the molecule is O=C(Cc1cn(-c2ccc(Nc3nccc4ccccc34)nn2)c2ccccc12)NCCCN1CCCC1=O. The van der Waals surface area contributed by atoms with Crippen molar-refractivity contribution >= 4 is 45.1 Å². The van der Waals surface area contributed by atoms with Gasteiger partial charge >= 0.3 is 0 Å². The number of para-hydroxylation sites is 1. The Hall–Kier alpha value is -4.79. The van der Waals surface area contributed by atoms with E-state index in [-0.39, 0.29) is 18.2 Å². The molecule has 1 aliphatic rings. The summed E-state index contributed by atoms with van der Waals surface area (Å²) in [6, 6.07) is 21.8. The maximum Gasteiger partial charge on any atom is 0.224 e. The fourth-order valence-corrected chi connectivity index (χ4v) is 5.12. The molecule has 1 saturated heterocycles. The van der Waals surface area contributed by atoms with Gasteiger partial charge in [-0.3, -0.25) is 14.2 Å². The molecule has 1 aliphatic heterocycles. The summed E-state index contributed by atoms with van der Waals surface area (Å²) in [4.78, 5) is 30.8. The summed E-state index contributed by atoms with van der Waals surface area (Å²) >= 11 is 0. The number of pyridine rings is 1. The van der Waals surface area contributed by atoms with Crippen LogP contribution in [-0.4, -0.2) is 56.1 Å². The van der Waals surface area contributed by atoms with E-state index >= 15 is 0 Å². The molecule has 9 heteroatoms. The number of hydrogen-bond acceptors (Lipinski definition) is 6. The number of nitrogens with one attached hydrogen (secondary N) is 2. The van der Waals surface area contributed by atoms with Crippen molar-refractivity contribution < 1.29 is 9.59 Å². The fourth-order valence-electron chi connectivity index (χ4n) is 5.12. The second-order valence-corrected chi connectivity index (χ2v) is 9.69. The van der Waals surface area contributed by atoms with E-state index in [0.717, 1.165) is 52.4 Å². The van der Waals surface area contributed by atoms with E-state index in [1.165, 1.54) is 0 Å². The molecular weight excluding hydrogens is 490 g/mol. The van der Waals surface area contributed by atoms with E-state index in [2.05, 4.69) is 25.8 Å². The van der Waals surface area contributed by atoms with Crippen LogP contribution in [0.4, 0.5) is 11.6 Å². The Morgan fingerprint density at radius 2 is 1.79 bits per heavy atom. The number of carbonyl (C=O) groups excluding carboxylic acids is 2. The zero-order chi connectivity index (χ0) is 26.6. The van der Waals surface area contributed by atoms with Gasteiger partial charge in [-0.1, -0.05) is 42.5 Å². The third kappa shape index (κ3) is 5.29. The number of anilines is 2. The maximum atomic E-state index is 12.7. The van der Waals surface area contributed by atoms with Gasteiger partial charge in [-0.25, -0.2) is 4.98 Å². The Morgan fingerprint density at radius 3 is 2.62 bits per heavy atom. The summed E-state index contributed by atoms with van der Waals surface area (Å²) < 4.78 is 1.96. The minimum atomic E-state index is -0.0427. The molecule has 5 aromatic rings. The maximum absolute atomic E-state index is 12.7. The highest BCUT2D eigenvalue weighted by Crippen LogP contribution is 2.26. The van der Waals surface area contributed by atoms with Crippen molar-refractivity contribution in [2.45, 2.75) is 25.7 Å². The zero-order valence-corrected chi connectivity index (χ0v) is 21.5. The molecule has 2 N–H and O–H groups in total. The average molecular weight is 520 g/mol. The molecule has 9 nitrogen and oxygen atoms in total. The highest BCUT2D eigenvalue weighted by Gasteiger charge is 2.19. The van der Waals surface area contributed by atoms with Gasteiger partial charge < -0.3 is 15.5 Å². The van der Waals surface area contributed by atoms with Crippen LogP contribution in [0.1, 0.15) is 24.8 Å². The quantitative estimate of drug-likeness (QED) is 0.280. The van der Waals surface area contributed by atoms with E-state index in [0.29, 0.717) is 31.1 Å². The molecule has 6 rings (SSSR count). The molecule has 4 heterocycles. The van der Waals surface area contributed by atoms with Crippen molar-refractivity contribution in [3.63, 3.8) is 0 Å². The lowest BCUT2D eigenvalue weighted by Gasteiger charge is -2.15. The second kappa shape index (κ2) is 10.9. The van der Waals surface area contributed by atoms with Crippen LogP contribution in [0.3, 0.4) is 0 Å². The summed E-state index contributed by atoms with van der Waals surface area (Å²) in [7, 11) is 0. The Labute approximate surface area is 225 Å². The van der Waals surface area contributed by atoms with Crippen LogP contribution in [0.5, 0.6) is 0 Å². The number of rotatable bonds is 9. The molecular formula is C30H29N7O2. The minimum absolute atomic E-state index is 0.0427. The molecule has 2 amide bonds. The van der Waals surface area contributed by atoms with E-state index in [1.54, 1.807) is 6.20 Å². The van der Waals surface area contributed by atoms with Crippen molar-refractivity contribution in [1.82, 2.24) is 30.0 Å². The van der Waals surface area contributed by atoms with E-state index < -0.39 is 0 Å². The Balaban J connectivity index is 1.15. The number of amides is 2. The molecule has 2 aromatic carbocycles. The molecule has 0 aliphatic carbocycles. The van der Waals surface area contributed by atoms with Crippen LogP contribution in [0, 0.1) is 0 Å². The lowest BCUT2D eigenvalue weighted by molar-refractivity contribution is -0.127. The molecule has 0 saturated carbocycles. The van der Waals surface area contributed by atoms with Crippen molar-refractivity contribution in [3.8, 4) is 5.82 Å².